The lowest BCUT2D eigenvalue weighted by molar-refractivity contribution is -0.116. The number of H-pyrrole nitrogens is 1. The van der Waals surface area contributed by atoms with Crippen LogP contribution in [-0.2, 0) is 4.79 Å². The number of amides is 2. The molecule has 8 heteroatoms. The fourth-order valence-corrected chi connectivity index (χ4v) is 3.09. The van der Waals surface area contributed by atoms with Gasteiger partial charge in [0, 0.05) is 22.8 Å². The van der Waals surface area contributed by atoms with Gasteiger partial charge in [-0.2, -0.15) is 0 Å². The molecule has 2 amide bonds. The molecule has 7 nitrogen and oxygen atoms in total. The number of carbonyl (C=O) groups is 2. The molecule has 4 N–H and O–H groups in total. The van der Waals surface area contributed by atoms with Crippen molar-refractivity contribution in [3.63, 3.8) is 0 Å². The van der Waals surface area contributed by atoms with Gasteiger partial charge in [-0.25, -0.2) is 9.78 Å². The van der Waals surface area contributed by atoms with Gasteiger partial charge in [0.15, 0.2) is 0 Å². The smallest absolute Gasteiger partial charge is 0.404 e. The van der Waals surface area contributed by atoms with E-state index in [9.17, 15) is 9.59 Å². The van der Waals surface area contributed by atoms with Crippen molar-refractivity contribution in [1.29, 1.82) is 0 Å². The molecule has 1 aromatic heterocycles. The molecule has 0 atom stereocenters. The zero-order chi connectivity index (χ0) is 17.6. The summed E-state index contributed by atoms with van der Waals surface area (Å²) in [6.45, 7) is 0.0548. The van der Waals surface area contributed by atoms with Crippen molar-refractivity contribution in [1.82, 2.24) is 15.3 Å². The second-order valence-electron chi connectivity index (χ2n) is 5.21. The molecule has 0 aliphatic rings. The van der Waals surface area contributed by atoms with Gasteiger partial charge in [0.2, 0.25) is 11.9 Å². The molecule has 3 aromatic rings. The predicted octanol–water partition coefficient (Wildman–Crippen LogP) is 3.31. The Hall–Kier alpha value is -3.00. The van der Waals surface area contributed by atoms with E-state index in [1.165, 1.54) is 0 Å². The number of anilines is 1. The standard InChI is InChI=1S/C17H16N4O3S/c22-15(8-9-18-17(23)24)21-16-19-13-7-6-12(10-14(13)20-16)25-11-4-2-1-3-5-11/h1-7,10,18H,8-9H2,(H,23,24)(H2,19,20,21,22). The minimum Gasteiger partial charge on any atom is -0.465 e. The van der Waals surface area contributed by atoms with Gasteiger partial charge in [-0.15, -0.1) is 0 Å². The van der Waals surface area contributed by atoms with E-state index in [0.29, 0.717) is 5.95 Å². The summed E-state index contributed by atoms with van der Waals surface area (Å²) in [4.78, 5) is 31.7. The van der Waals surface area contributed by atoms with Crippen LogP contribution in [0.3, 0.4) is 0 Å². The van der Waals surface area contributed by atoms with E-state index in [1.807, 2.05) is 48.5 Å². The van der Waals surface area contributed by atoms with Crippen molar-refractivity contribution < 1.29 is 14.7 Å². The molecule has 0 aliphatic heterocycles. The number of benzene rings is 2. The van der Waals surface area contributed by atoms with Gasteiger partial charge in [-0.1, -0.05) is 30.0 Å². The van der Waals surface area contributed by atoms with Crippen molar-refractivity contribution in [2.24, 2.45) is 0 Å². The predicted molar refractivity (Wildman–Crippen MR) is 95.9 cm³/mol. The van der Waals surface area contributed by atoms with Gasteiger partial charge in [0.1, 0.15) is 0 Å². The number of imidazole rings is 1. The summed E-state index contributed by atoms with van der Waals surface area (Å²) >= 11 is 1.64. The third-order valence-electron chi connectivity index (χ3n) is 3.32. The van der Waals surface area contributed by atoms with Crippen molar-refractivity contribution in [3.05, 3.63) is 48.5 Å². The number of aromatic amines is 1. The highest BCUT2D eigenvalue weighted by molar-refractivity contribution is 7.99. The lowest BCUT2D eigenvalue weighted by Gasteiger charge is -2.01. The lowest BCUT2D eigenvalue weighted by Crippen LogP contribution is -2.26. The number of rotatable bonds is 6. The molecule has 2 aromatic carbocycles. The van der Waals surface area contributed by atoms with E-state index in [4.69, 9.17) is 5.11 Å². The quantitative estimate of drug-likeness (QED) is 0.542. The largest absolute Gasteiger partial charge is 0.465 e. The van der Waals surface area contributed by atoms with Crippen LogP contribution < -0.4 is 10.6 Å². The van der Waals surface area contributed by atoms with E-state index in [1.54, 1.807) is 11.8 Å². The fraction of sp³-hybridized carbons (Fsp3) is 0.118. The summed E-state index contributed by atoms with van der Waals surface area (Å²) in [6.07, 6.45) is -1.11. The molecule has 1 heterocycles. The van der Waals surface area contributed by atoms with Crippen molar-refractivity contribution in [2.75, 3.05) is 11.9 Å². The molecule has 25 heavy (non-hydrogen) atoms. The SMILES string of the molecule is O=C(O)NCCC(=O)Nc1nc2ccc(Sc3ccccc3)cc2[nH]1. The molecule has 0 radical (unpaired) electrons. The first-order valence-corrected chi connectivity index (χ1v) is 8.41. The van der Waals surface area contributed by atoms with Crippen LogP contribution in [0.5, 0.6) is 0 Å². The highest BCUT2D eigenvalue weighted by Gasteiger charge is 2.08. The summed E-state index contributed by atoms with van der Waals surface area (Å²) < 4.78 is 0. The van der Waals surface area contributed by atoms with Gasteiger partial charge >= 0.3 is 6.09 Å². The maximum absolute atomic E-state index is 11.8. The number of hydrogen-bond acceptors (Lipinski definition) is 4. The molecule has 0 spiro atoms. The molecule has 0 saturated heterocycles. The fourth-order valence-electron chi connectivity index (χ4n) is 2.21. The normalized spacial score (nSPS) is 10.6. The van der Waals surface area contributed by atoms with Gasteiger partial charge < -0.3 is 15.4 Å². The zero-order valence-electron chi connectivity index (χ0n) is 13.2. The van der Waals surface area contributed by atoms with E-state index in [-0.39, 0.29) is 18.9 Å². The van der Waals surface area contributed by atoms with E-state index < -0.39 is 6.09 Å². The number of nitrogens with one attached hydrogen (secondary N) is 3. The van der Waals surface area contributed by atoms with Crippen molar-refractivity contribution in [3.8, 4) is 0 Å². The first-order chi connectivity index (χ1) is 12.1. The summed E-state index contributed by atoms with van der Waals surface area (Å²) in [5.41, 5.74) is 1.57. The van der Waals surface area contributed by atoms with E-state index in [2.05, 4.69) is 20.6 Å². The third-order valence-corrected chi connectivity index (χ3v) is 4.32. The highest BCUT2D eigenvalue weighted by atomic mass is 32.2. The molecule has 0 bridgehead atoms. The van der Waals surface area contributed by atoms with Crippen LogP contribution >= 0.6 is 11.8 Å². The van der Waals surface area contributed by atoms with Crippen LogP contribution in [0.15, 0.2) is 58.3 Å². The Kier molecular flexibility index (Phi) is 5.20. The summed E-state index contributed by atoms with van der Waals surface area (Å²) in [7, 11) is 0. The van der Waals surface area contributed by atoms with Crippen LogP contribution in [0.2, 0.25) is 0 Å². The molecule has 0 unspecified atom stereocenters. The summed E-state index contributed by atoms with van der Waals surface area (Å²) in [6, 6.07) is 15.9. The Morgan fingerprint density at radius 3 is 2.68 bits per heavy atom. The molecular weight excluding hydrogens is 340 g/mol. The number of carbonyl (C=O) groups excluding carboxylic acids is 1. The Morgan fingerprint density at radius 2 is 1.92 bits per heavy atom. The van der Waals surface area contributed by atoms with Gasteiger partial charge in [0.05, 0.1) is 11.0 Å². The first-order valence-electron chi connectivity index (χ1n) is 7.59. The molecule has 0 aliphatic carbocycles. The minimum absolute atomic E-state index is 0.0401. The average molecular weight is 356 g/mol. The van der Waals surface area contributed by atoms with Crippen LogP contribution in [0, 0.1) is 0 Å². The van der Waals surface area contributed by atoms with E-state index in [0.717, 1.165) is 20.8 Å². The van der Waals surface area contributed by atoms with E-state index >= 15 is 0 Å². The monoisotopic (exact) mass is 356 g/mol. The highest BCUT2D eigenvalue weighted by Crippen LogP contribution is 2.29. The van der Waals surface area contributed by atoms with Crippen LogP contribution in [0.25, 0.3) is 11.0 Å². The summed E-state index contributed by atoms with van der Waals surface area (Å²) in [5.74, 6) is 0.0314. The topological polar surface area (TPSA) is 107 Å². The number of hydrogen-bond donors (Lipinski definition) is 4. The van der Waals surface area contributed by atoms with Crippen molar-refractivity contribution >= 4 is 40.7 Å². The van der Waals surface area contributed by atoms with Crippen molar-refractivity contribution in [2.45, 2.75) is 16.2 Å². The molecule has 3 rings (SSSR count). The number of aromatic nitrogens is 2. The second-order valence-corrected chi connectivity index (χ2v) is 6.36. The molecule has 0 saturated carbocycles. The Balaban J connectivity index is 1.66. The van der Waals surface area contributed by atoms with Gasteiger partial charge in [0.25, 0.3) is 0 Å². The van der Waals surface area contributed by atoms with Gasteiger partial charge in [-0.05, 0) is 30.3 Å². The average Bonchev–Trinajstić information content (AvgIpc) is 2.96. The lowest BCUT2D eigenvalue weighted by atomic mass is 10.3. The Morgan fingerprint density at radius 1 is 1.12 bits per heavy atom. The summed E-state index contributed by atoms with van der Waals surface area (Å²) in [5, 5.41) is 13.3. The number of carboxylic acid groups (broad SMARTS) is 1. The number of fused-ring (bicyclic) bond motifs is 1. The maximum Gasteiger partial charge on any atom is 0.404 e. The van der Waals surface area contributed by atoms with Gasteiger partial charge in [-0.3, -0.25) is 10.1 Å². The van der Waals surface area contributed by atoms with Crippen LogP contribution in [0.4, 0.5) is 10.7 Å². The molecule has 0 fully saturated rings. The van der Waals surface area contributed by atoms with Crippen LogP contribution in [0.1, 0.15) is 6.42 Å². The second kappa shape index (κ2) is 7.71. The van der Waals surface area contributed by atoms with Crippen LogP contribution in [-0.4, -0.2) is 33.6 Å². The first kappa shape index (κ1) is 16.8. The minimum atomic E-state index is -1.15. The molecular formula is C17H16N4O3S. The Bertz CT molecular complexity index is 895. The number of nitrogens with zero attached hydrogens (tertiary/aromatic N) is 1. The zero-order valence-corrected chi connectivity index (χ0v) is 14.0. The maximum atomic E-state index is 11.8. The Labute approximate surface area is 147 Å². The third kappa shape index (κ3) is 4.74. The molecule has 128 valence electrons.